The fraction of sp³-hybridized carbons (Fsp3) is 0.588. The summed E-state index contributed by atoms with van der Waals surface area (Å²) < 4.78 is 0.876. The van der Waals surface area contributed by atoms with E-state index in [2.05, 4.69) is 21.2 Å². The van der Waals surface area contributed by atoms with Gasteiger partial charge in [0.05, 0.1) is 15.2 Å². The third-order valence-corrected chi connectivity index (χ3v) is 5.74. The van der Waals surface area contributed by atoms with Gasteiger partial charge in [0.2, 0.25) is 11.8 Å². The highest BCUT2D eigenvalue weighted by Crippen LogP contribution is 2.22. The Kier molecular flexibility index (Phi) is 7.90. The highest BCUT2D eigenvalue weighted by Gasteiger charge is 2.18. The van der Waals surface area contributed by atoms with Crippen molar-refractivity contribution in [3.63, 3.8) is 0 Å². The van der Waals surface area contributed by atoms with Crippen molar-refractivity contribution in [1.29, 1.82) is 0 Å². The molecule has 25 heavy (non-hydrogen) atoms. The monoisotopic (exact) mass is 429 g/mol. The first-order valence-electron chi connectivity index (χ1n) is 8.52. The third kappa shape index (κ3) is 6.43. The molecule has 1 aliphatic rings. The Hall–Kier alpha value is -1.41. The van der Waals surface area contributed by atoms with Crippen molar-refractivity contribution in [2.45, 2.75) is 32.1 Å². The zero-order valence-corrected chi connectivity index (χ0v) is 16.8. The maximum Gasteiger partial charge on any atom is 0.264 e. The van der Waals surface area contributed by atoms with Gasteiger partial charge >= 0.3 is 0 Å². The Morgan fingerprint density at radius 2 is 1.88 bits per heavy atom. The number of amides is 3. The lowest BCUT2D eigenvalue weighted by Crippen LogP contribution is -2.40. The van der Waals surface area contributed by atoms with Crippen molar-refractivity contribution in [1.82, 2.24) is 15.1 Å². The minimum absolute atomic E-state index is 0.0216. The van der Waals surface area contributed by atoms with Gasteiger partial charge in [0.1, 0.15) is 0 Å². The Morgan fingerprint density at radius 1 is 1.20 bits per heavy atom. The molecule has 0 radical (unpaired) electrons. The molecule has 6 nitrogen and oxygen atoms in total. The highest BCUT2D eigenvalue weighted by molar-refractivity contribution is 9.11. The van der Waals surface area contributed by atoms with E-state index in [0.29, 0.717) is 17.8 Å². The molecule has 1 N–H and O–H groups in total. The summed E-state index contributed by atoms with van der Waals surface area (Å²) in [6.45, 7) is 1.92. The summed E-state index contributed by atoms with van der Waals surface area (Å²) in [6.07, 6.45) is 4.79. The van der Waals surface area contributed by atoms with Gasteiger partial charge in [-0.2, -0.15) is 0 Å². The molecular weight excluding hydrogens is 406 g/mol. The van der Waals surface area contributed by atoms with Crippen LogP contribution in [0.3, 0.4) is 0 Å². The average molecular weight is 430 g/mol. The van der Waals surface area contributed by atoms with Crippen molar-refractivity contribution in [3.05, 3.63) is 20.8 Å². The molecule has 2 heterocycles. The topological polar surface area (TPSA) is 69.7 Å². The maximum absolute atomic E-state index is 12.2. The van der Waals surface area contributed by atoms with Crippen LogP contribution in [0.1, 0.15) is 41.8 Å². The van der Waals surface area contributed by atoms with Crippen LogP contribution in [0.2, 0.25) is 0 Å². The van der Waals surface area contributed by atoms with E-state index >= 15 is 0 Å². The summed E-state index contributed by atoms with van der Waals surface area (Å²) in [7, 11) is 1.60. The largest absolute Gasteiger partial charge is 0.354 e. The van der Waals surface area contributed by atoms with Gasteiger partial charge in [-0.25, -0.2) is 0 Å². The number of hydrogen-bond donors (Lipinski definition) is 1. The van der Waals surface area contributed by atoms with E-state index < -0.39 is 0 Å². The summed E-state index contributed by atoms with van der Waals surface area (Å²) in [5.41, 5.74) is 0. The van der Waals surface area contributed by atoms with E-state index in [1.165, 1.54) is 29.1 Å². The Balaban J connectivity index is 1.69. The predicted octanol–water partition coefficient (Wildman–Crippen LogP) is 2.49. The quantitative estimate of drug-likeness (QED) is 0.754. The number of thiophene rings is 1. The van der Waals surface area contributed by atoms with Crippen LogP contribution < -0.4 is 5.32 Å². The molecule has 0 aliphatic carbocycles. The molecule has 0 bridgehead atoms. The van der Waals surface area contributed by atoms with Crippen LogP contribution in [0, 0.1) is 0 Å². The molecule has 1 fully saturated rings. The Labute approximate surface area is 160 Å². The van der Waals surface area contributed by atoms with Crippen molar-refractivity contribution >= 4 is 45.0 Å². The Bertz CT molecular complexity index is 612. The van der Waals surface area contributed by atoms with Crippen LogP contribution in [0.25, 0.3) is 0 Å². The van der Waals surface area contributed by atoms with E-state index in [4.69, 9.17) is 0 Å². The number of likely N-dealkylation sites (N-methyl/N-ethyl adjacent to an activating group) is 1. The smallest absolute Gasteiger partial charge is 0.264 e. The summed E-state index contributed by atoms with van der Waals surface area (Å²) in [6, 6.07) is 3.53. The fourth-order valence-corrected chi connectivity index (χ4v) is 4.13. The molecule has 0 atom stereocenters. The summed E-state index contributed by atoms with van der Waals surface area (Å²) in [4.78, 5) is 40.2. The van der Waals surface area contributed by atoms with Crippen LogP contribution in [0.15, 0.2) is 15.9 Å². The molecule has 1 aliphatic heterocycles. The molecule has 0 aromatic carbocycles. The number of nitrogens with one attached hydrogen (secondary N) is 1. The first-order valence-corrected chi connectivity index (χ1v) is 10.1. The molecule has 0 unspecified atom stereocenters. The van der Waals surface area contributed by atoms with Crippen LogP contribution in [-0.4, -0.2) is 60.7 Å². The van der Waals surface area contributed by atoms with Gasteiger partial charge in [0.15, 0.2) is 0 Å². The number of carbonyl (C=O) groups excluding carboxylic acids is 3. The minimum atomic E-state index is -0.255. The zero-order chi connectivity index (χ0) is 18.2. The molecule has 3 amide bonds. The van der Waals surface area contributed by atoms with Gasteiger partial charge in [-0.15, -0.1) is 11.3 Å². The molecule has 0 spiro atoms. The molecule has 8 heteroatoms. The minimum Gasteiger partial charge on any atom is -0.354 e. The van der Waals surface area contributed by atoms with Gasteiger partial charge in [-0.05, 0) is 40.9 Å². The second kappa shape index (κ2) is 9.91. The molecular formula is C17H24BrN3O3S. The number of nitrogens with zero attached hydrogens (tertiary/aromatic N) is 2. The van der Waals surface area contributed by atoms with Gasteiger partial charge < -0.3 is 15.1 Å². The first-order chi connectivity index (χ1) is 12.0. The van der Waals surface area contributed by atoms with E-state index in [0.717, 1.165) is 29.7 Å². The third-order valence-electron chi connectivity index (χ3n) is 4.13. The molecule has 1 aromatic heterocycles. The lowest BCUT2D eigenvalue weighted by atomic mass is 10.2. The van der Waals surface area contributed by atoms with E-state index in [1.54, 1.807) is 19.2 Å². The van der Waals surface area contributed by atoms with Gasteiger partial charge in [-0.3, -0.25) is 14.4 Å². The van der Waals surface area contributed by atoms with Gasteiger partial charge in [-0.1, -0.05) is 12.8 Å². The van der Waals surface area contributed by atoms with Crippen molar-refractivity contribution in [2.75, 3.05) is 33.2 Å². The van der Waals surface area contributed by atoms with Crippen LogP contribution >= 0.6 is 27.3 Å². The standard InChI is InChI=1S/C17H24BrN3O3S/c1-20(17(24)13-6-7-14(18)25-13)12-15(22)19-9-8-16(23)21-10-4-2-3-5-11-21/h6-7H,2-5,8-12H2,1H3,(H,19,22). The number of carbonyl (C=O) groups is 3. The van der Waals surface area contributed by atoms with E-state index in [-0.39, 0.29) is 24.3 Å². The Morgan fingerprint density at radius 3 is 2.48 bits per heavy atom. The summed E-state index contributed by atoms with van der Waals surface area (Å²) in [5.74, 6) is -0.350. The van der Waals surface area contributed by atoms with Crippen LogP contribution in [-0.2, 0) is 9.59 Å². The molecule has 1 aromatic rings. The predicted molar refractivity (Wildman–Crippen MR) is 102 cm³/mol. The van der Waals surface area contributed by atoms with E-state index in [9.17, 15) is 14.4 Å². The zero-order valence-electron chi connectivity index (χ0n) is 14.4. The van der Waals surface area contributed by atoms with Crippen molar-refractivity contribution in [3.8, 4) is 0 Å². The normalized spacial score (nSPS) is 14.7. The molecule has 0 saturated carbocycles. The number of likely N-dealkylation sites (tertiary alicyclic amines) is 1. The fourth-order valence-electron chi connectivity index (χ4n) is 2.75. The highest BCUT2D eigenvalue weighted by atomic mass is 79.9. The van der Waals surface area contributed by atoms with Crippen LogP contribution in [0.4, 0.5) is 0 Å². The molecule has 1 saturated heterocycles. The van der Waals surface area contributed by atoms with Crippen molar-refractivity contribution < 1.29 is 14.4 Å². The average Bonchev–Trinajstić information content (AvgIpc) is 2.84. The summed E-state index contributed by atoms with van der Waals surface area (Å²) in [5, 5.41) is 2.72. The SMILES string of the molecule is CN(CC(=O)NCCC(=O)N1CCCCCC1)C(=O)c1ccc(Br)s1. The molecule has 2 rings (SSSR count). The van der Waals surface area contributed by atoms with Gasteiger partial charge in [0, 0.05) is 33.1 Å². The second-order valence-electron chi connectivity index (χ2n) is 6.16. The van der Waals surface area contributed by atoms with E-state index in [1.807, 2.05) is 4.90 Å². The number of hydrogen-bond acceptors (Lipinski definition) is 4. The second-order valence-corrected chi connectivity index (χ2v) is 8.62. The lowest BCUT2D eigenvalue weighted by molar-refractivity contribution is -0.131. The number of rotatable bonds is 6. The first kappa shape index (κ1) is 19.9. The maximum atomic E-state index is 12.2. The number of halogens is 1. The molecule has 138 valence electrons. The summed E-state index contributed by atoms with van der Waals surface area (Å²) >= 11 is 4.65. The van der Waals surface area contributed by atoms with Gasteiger partial charge in [0.25, 0.3) is 5.91 Å². The lowest BCUT2D eigenvalue weighted by Gasteiger charge is -2.20. The van der Waals surface area contributed by atoms with Crippen LogP contribution in [0.5, 0.6) is 0 Å². The van der Waals surface area contributed by atoms with Crippen molar-refractivity contribution in [2.24, 2.45) is 0 Å².